The number of nitrogens with one attached hydrogen (secondary N) is 1. The Hall–Kier alpha value is -1.09. The summed E-state index contributed by atoms with van der Waals surface area (Å²) in [6.45, 7) is 2.09. The lowest BCUT2D eigenvalue weighted by Gasteiger charge is -2.31. The third-order valence-corrected chi connectivity index (χ3v) is 6.41. The molecule has 2 aromatic rings. The van der Waals surface area contributed by atoms with Crippen LogP contribution >= 0.6 is 11.7 Å². The molecule has 1 fully saturated rings. The predicted molar refractivity (Wildman–Crippen MR) is 82.8 cm³/mol. The molecule has 6 nitrogen and oxygen atoms in total. The van der Waals surface area contributed by atoms with Crippen molar-refractivity contribution in [2.75, 3.05) is 26.7 Å². The number of hydrogen-bond acceptors (Lipinski definition) is 6. The van der Waals surface area contributed by atoms with E-state index in [1.54, 1.807) is 22.5 Å². The molecular formula is C13H18N4O2S2. The largest absolute Gasteiger partial charge is 0.319 e. The second-order valence-electron chi connectivity index (χ2n) is 5.29. The summed E-state index contributed by atoms with van der Waals surface area (Å²) < 4.78 is 35.5. The Morgan fingerprint density at radius 3 is 2.81 bits per heavy atom. The van der Waals surface area contributed by atoms with Crippen LogP contribution in [0.4, 0.5) is 0 Å². The van der Waals surface area contributed by atoms with Gasteiger partial charge in [-0.2, -0.15) is 13.1 Å². The summed E-state index contributed by atoms with van der Waals surface area (Å²) >= 11 is 1.05. The molecule has 0 aliphatic carbocycles. The highest BCUT2D eigenvalue weighted by molar-refractivity contribution is 7.89. The Morgan fingerprint density at radius 1 is 1.33 bits per heavy atom. The van der Waals surface area contributed by atoms with Gasteiger partial charge in [-0.05, 0) is 44.5 Å². The van der Waals surface area contributed by atoms with Crippen LogP contribution in [0.15, 0.2) is 23.1 Å². The summed E-state index contributed by atoms with van der Waals surface area (Å²) in [4.78, 5) is 0.279. The van der Waals surface area contributed by atoms with Crippen molar-refractivity contribution in [2.24, 2.45) is 5.92 Å². The minimum absolute atomic E-state index is 0.279. The summed E-state index contributed by atoms with van der Waals surface area (Å²) in [7, 11) is -1.55. The summed E-state index contributed by atoms with van der Waals surface area (Å²) in [5.41, 5.74) is 1.13. The van der Waals surface area contributed by atoms with Crippen molar-refractivity contribution in [2.45, 2.75) is 17.7 Å². The van der Waals surface area contributed by atoms with E-state index in [2.05, 4.69) is 14.1 Å². The SMILES string of the molecule is CNCC1CCN(S(=O)(=O)c2cccc3nsnc23)CC1. The number of piperidine rings is 1. The van der Waals surface area contributed by atoms with Gasteiger partial charge in [0, 0.05) is 13.1 Å². The van der Waals surface area contributed by atoms with Crippen molar-refractivity contribution in [3.8, 4) is 0 Å². The van der Waals surface area contributed by atoms with Crippen LogP contribution in [0.25, 0.3) is 11.0 Å². The van der Waals surface area contributed by atoms with Gasteiger partial charge in [-0.3, -0.25) is 0 Å². The molecule has 0 saturated carbocycles. The second kappa shape index (κ2) is 5.96. The van der Waals surface area contributed by atoms with Crippen LogP contribution in [0.1, 0.15) is 12.8 Å². The van der Waals surface area contributed by atoms with Crippen molar-refractivity contribution in [1.29, 1.82) is 0 Å². The monoisotopic (exact) mass is 326 g/mol. The average Bonchev–Trinajstić information content (AvgIpc) is 2.96. The van der Waals surface area contributed by atoms with E-state index in [1.807, 2.05) is 7.05 Å². The first-order chi connectivity index (χ1) is 10.1. The topological polar surface area (TPSA) is 75.2 Å². The van der Waals surface area contributed by atoms with Crippen molar-refractivity contribution < 1.29 is 8.42 Å². The van der Waals surface area contributed by atoms with E-state index in [-0.39, 0.29) is 4.90 Å². The highest BCUT2D eigenvalue weighted by atomic mass is 32.2. The molecule has 8 heteroatoms. The molecule has 114 valence electrons. The third kappa shape index (κ3) is 2.80. The quantitative estimate of drug-likeness (QED) is 0.917. The fourth-order valence-corrected chi connectivity index (χ4v) is 4.99. The summed E-state index contributed by atoms with van der Waals surface area (Å²) in [5.74, 6) is 0.554. The van der Waals surface area contributed by atoms with Crippen molar-refractivity contribution in [3.63, 3.8) is 0 Å². The molecule has 1 aliphatic rings. The number of rotatable bonds is 4. The number of sulfonamides is 1. The van der Waals surface area contributed by atoms with E-state index in [0.29, 0.717) is 30.0 Å². The molecule has 3 rings (SSSR count). The molecule has 2 heterocycles. The maximum Gasteiger partial charge on any atom is 0.245 e. The van der Waals surface area contributed by atoms with Gasteiger partial charge >= 0.3 is 0 Å². The third-order valence-electron chi connectivity index (χ3n) is 3.93. The lowest BCUT2D eigenvalue weighted by Crippen LogP contribution is -2.40. The maximum absolute atomic E-state index is 12.8. The summed E-state index contributed by atoms with van der Waals surface area (Å²) in [6.07, 6.45) is 1.79. The molecule has 1 saturated heterocycles. The Kier molecular flexibility index (Phi) is 4.21. The van der Waals surface area contributed by atoms with E-state index in [9.17, 15) is 8.42 Å². The molecular weight excluding hydrogens is 308 g/mol. The normalized spacial score (nSPS) is 18.3. The van der Waals surface area contributed by atoms with E-state index >= 15 is 0 Å². The van der Waals surface area contributed by atoms with Crippen LogP contribution < -0.4 is 5.32 Å². The van der Waals surface area contributed by atoms with E-state index in [4.69, 9.17) is 0 Å². The number of nitrogens with zero attached hydrogens (tertiary/aromatic N) is 3. The Labute approximate surface area is 128 Å². The van der Waals surface area contributed by atoms with Crippen molar-refractivity contribution in [3.05, 3.63) is 18.2 Å². The molecule has 0 amide bonds. The first kappa shape index (κ1) is 14.8. The van der Waals surface area contributed by atoms with Crippen LogP contribution in [-0.2, 0) is 10.0 Å². The lowest BCUT2D eigenvalue weighted by molar-refractivity contribution is 0.271. The predicted octanol–water partition coefficient (Wildman–Crippen LogP) is 1.31. The summed E-state index contributed by atoms with van der Waals surface area (Å²) in [6, 6.07) is 5.14. The van der Waals surface area contributed by atoms with Crippen LogP contribution in [-0.4, -0.2) is 48.2 Å². The first-order valence-electron chi connectivity index (χ1n) is 6.99. The van der Waals surface area contributed by atoms with E-state index < -0.39 is 10.0 Å². The van der Waals surface area contributed by atoms with Gasteiger partial charge in [-0.1, -0.05) is 6.07 Å². The van der Waals surface area contributed by atoms with Gasteiger partial charge in [-0.15, -0.1) is 0 Å². The summed E-state index contributed by atoms with van der Waals surface area (Å²) in [5, 5.41) is 3.16. The average molecular weight is 326 g/mol. The van der Waals surface area contributed by atoms with Gasteiger partial charge in [-0.25, -0.2) is 8.42 Å². The van der Waals surface area contributed by atoms with Crippen LogP contribution in [0, 0.1) is 5.92 Å². The Morgan fingerprint density at radius 2 is 2.10 bits per heavy atom. The van der Waals surface area contributed by atoms with Gasteiger partial charge in [0.25, 0.3) is 0 Å². The van der Waals surface area contributed by atoms with Gasteiger partial charge in [0.15, 0.2) is 0 Å². The van der Waals surface area contributed by atoms with Crippen molar-refractivity contribution >= 4 is 32.8 Å². The van der Waals surface area contributed by atoms with Crippen LogP contribution in [0.5, 0.6) is 0 Å². The van der Waals surface area contributed by atoms with Gasteiger partial charge in [0.2, 0.25) is 10.0 Å². The molecule has 21 heavy (non-hydrogen) atoms. The van der Waals surface area contributed by atoms with Crippen molar-refractivity contribution in [1.82, 2.24) is 18.4 Å². The Balaban J connectivity index is 1.86. The standard InChI is InChI=1S/C13H18N4O2S2/c1-14-9-10-5-7-17(8-6-10)21(18,19)12-4-2-3-11-13(12)16-20-15-11/h2-4,10,14H,5-9H2,1H3. The Bertz CT molecular complexity index is 721. The highest BCUT2D eigenvalue weighted by Crippen LogP contribution is 2.27. The number of fused-ring (bicyclic) bond motifs is 1. The molecule has 1 aromatic carbocycles. The van der Waals surface area contributed by atoms with E-state index in [1.165, 1.54) is 0 Å². The molecule has 1 N–H and O–H groups in total. The van der Waals surface area contributed by atoms with Gasteiger partial charge < -0.3 is 5.32 Å². The molecule has 0 bridgehead atoms. The minimum atomic E-state index is -3.48. The molecule has 0 unspecified atom stereocenters. The molecule has 1 aliphatic heterocycles. The zero-order chi connectivity index (χ0) is 14.9. The lowest BCUT2D eigenvalue weighted by atomic mass is 9.98. The first-order valence-corrected chi connectivity index (χ1v) is 9.16. The van der Waals surface area contributed by atoms with Gasteiger partial charge in [0.1, 0.15) is 15.9 Å². The zero-order valence-corrected chi connectivity index (χ0v) is 13.5. The van der Waals surface area contributed by atoms with Crippen LogP contribution in [0.3, 0.4) is 0 Å². The number of aromatic nitrogens is 2. The smallest absolute Gasteiger partial charge is 0.245 e. The molecule has 0 radical (unpaired) electrons. The maximum atomic E-state index is 12.8. The minimum Gasteiger partial charge on any atom is -0.319 e. The van der Waals surface area contributed by atoms with E-state index in [0.717, 1.165) is 31.1 Å². The van der Waals surface area contributed by atoms with Gasteiger partial charge in [0.05, 0.1) is 11.7 Å². The zero-order valence-electron chi connectivity index (χ0n) is 11.8. The fraction of sp³-hybridized carbons (Fsp3) is 0.538. The second-order valence-corrected chi connectivity index (χ2v) is 7.73. The number of hydrogen-bond donors (Lipinski definition) is 1. The van der Waals surface area contributed by atoms with Crippen LogP contribution in [0.2, 0.25) is 0 Å². The highest BCUT2D eigenvalue weighted by Gasteiger charge is 2.31. The fourth-order valence-electron chi connectivity index (χ4n) is 2.77. The molecule has 0 spiro atoms. The number of benzene rings is 1. The molecule has 0 atom stereocenters. The molecule has 1 aromatic heterocycles.